The van der Waals surface area contributed by atoms with Crippen molar-refractivity contribution >= 4 is 33.9 Å². The lowest BCUT2D eigenvalue weighted by molar-refractivity contribution is -0.147. The van der Waals surface area contributed by atoms with Gasteiger partial charge in [0.05, 0.1) is 19.3 Å². The van der Waals surface area contributed by atoms with Crippen LogP contribution in [-0.4, -0.2) is 56.0 Å². The molecule has 1 unspecified atom stereocenters. The normalized spacial score (nSPS) is 15.1. The minimum absolute atomic E-state index is 0.0268. The number of nitrogens with zero attached hydrogens (tertiary/aromatic N) is 2. The van der Waals surface area contributed by atoms with E-state index in [1.54, 1.807) is 69.3 Å². The third-order valence-corrected chi connectivity index (χ3v) is 8.25. The molecule has 0 saturated carbocycles. The molecule has 12 heteroatoms. The lowest BCUT2D eigenvalue weighted by Gasteiger charge is -2.23. The summed E-state index contributed by atoms with van der Waals surface area (Å²) in [5.41, 5.74) is 1.57. The van der Waals surface area contributed by atoms with Crippen molar-refractivity contribution < 1.29 is 37.0 Å². The van der Waals surface area contributed by atoms with Crippen LogP contribution < -0.4 is 14.4 Å². The van der Waals surface area contributed by atoms with E-state index in [4.69, 9.17) is 14.2 Å². The van der Waals surface area contributed by atoms with Gasteiger partial charge in [-0.15, -0.1) is 0 Å². The first-order valence-electron chi connectivity index (χ1n) is 13.6. The number of hydrogen-bond donors (Lipinski definition) is 1. The topological polar surface area (TPSA) is 132 Å². The van der Waals surface area contributed by atoms with E-state index in [2.05, 4.69) is 5.32 Å². The van der Waals surface area contributed by atoms with E-state index in [1.807, 2.05) is 30.3 Å². The molecule has 0 spiro atoms. The number of ether oxygens (including phenoxy) is 3. The maximum absolute atomic E-state index is 13.3. The number of esters is 1. The summed E-state index contributed by atoms with van der Waals surface area (Å²) in [5, 5.41) is 2.58. The molecule has 11 nitrogen and oxygen atoms in total. The minimum Gasteiger partial charge on any atom is -0.497 e. The Bertz CT molecular complexity index is 1540. The molecule has 3 aromatic carbocycles. The number of amides is 2. The van der Waals surface area contributed by atoms with Crippen LogP contribution in [0.2, 0.25) is 0 Å². The quantitative estimate of drug-likeness (QED) is 0.342. The second kappa shape index (κ2) is 13.2. The van der Waals surface area contributed by atoms with E-state index < -0.39 is 39.8 Å². The molecule has 1 atom stereocenters. The van der Waals surface area contributed by atoms with Gasteiger partial charge in [0.1, 0.15) is 30.5 Å². The minimum atomic E-state index is -4.12. The first-order valence-corrected chi connectivity index (χ1v) is 15.0. The van der Waals surface area contributed by atoms with Gasteiger partial charge in [-0.3, -0.25) is 4.79 Å². The predicted octanol–water partition coefficient (Wildman–Crippen LogP) is 3.97. The molecule has 0 aromatic heterocycles. The summed E-state index contributed by atoms with van der Waals surface area (Å²) in [6, 6.07) is 21.2. The maximum Gasteiger partial charge on any atom is 0.408 e. The Morgan fingerprint density at radius 3 is 2.14 bits per heavy atom. The Morgan fingerprint density at radius 1 is 0.907 bits per heavy atom. The van der Waals surface area contributed by atoms with E-state index >= 15 is 0 Å². The molecule has 0 radical (unpaired) electrons. The molecule has 1 aliphatic rings. The number of carbonyl (C=O) groups excluding carboxylic acids is 3. The number of methoxy groups -OCH3 is 1. The van der Waals surface area contributed by atoms with Gasteiger partial charge in [-0.05, 0) is 61.7 Å². The largest absolute Gasteiger partial charge is 0.497 e. The van der Waals surface area contributed by atoms with E-state index in [0.717, 1.165) is 14.2 Å². The first kappa shape index (κ1) is 31.4. The van der Waals surface area contributed by atoms with E-state index in [1.165, 1.54) is 7.11 Å². The monoisotopic (exact) mass is 609 g/mol. The van der Waals surface area contributed by atoms with Crippen molar-refractivity contribution in [1.82, 2.24) is 9.62 Å². The average molecular weight is 610 g/mol. The molecule has 0 bridgehead atoms. The molecular formula is C31H35N3O8S. The van der Waals surface area contributed by atoms with Crippen LogP contribution in [-0.2, 0) is 48.8 Å². The Hall–Kier alpha value is -4.58. The lowest BCUT2D eigenvalue weighted by Crippen LogP contribution is -2.45. The third kappa shape index (κ3) is 8.25. The van der Waals surface area contributed by atoms with Crippen molar-refractivity contribution in [3.63, 3.8) is 0 Å². The van der Waals surface area contributed by atoms with Gasteiger partial charge in [-0.1, -0.05) is 54.6 Å². The SMILES string of the molecule is COc1ccc(CN2C(=O)CN(c3ccc(CC(NC(=O)OC(C)(C)C)C(=O)OCc4ccccc4)cc3)S2(=O)=O)cc1. The maximum atomic E-state index is 13.3. The molecule has 1 saturated heterocycles. The number of rotatable bonds is 10. The lowest BCUT2D eigenvalue weighted by atomic mass is 10.1. The molecule has 43 heavy (non-hydrogen) atoms. The molecular weight excluding hydrogens is 574 g/mol. The van der Waals surface area contributed by atoms with Crippen LogP contribution in [0.15, 0.2) is 78.9 Å². The van der Waals surface area contributed by atoms with Crippen molar-refractivity contribution in [2.24, 2.45) is 0 Å². The van der Waals surface area contributed by atoms with Gasteiger partial charge >= 0.3 is 22.3 Å². The highest BCUT2D eigenvalue weighted by Crippen LogP contribution is 2.28. The predicted molar refractivity (Wildman–Crippen MR) is 159 cm³/mol. The zero-order valence-corrected chi connectivity index (χ0v) is 25.3. The van der Waals surface area contributed by atoms with Gasteiger partial charge in [0.2, 0.25) is 0 Å². The van der Waals surface area contributed by atoms with Gasteiger partial charge in [-0.2, -0.15) is 8.42 Å². The fourth-order valence-corrected chi connectivity index (χ4v) is 5.86. The molecule has 4 rings (SSSR count). The molecule has 2 amide bonds. The summed E-state index contributed by atoms with van der Waals surface area (Å²) in [4.78, 5) is 38.2. The number of alkyl carbamates (subject to hydrolysis) is 1. The first-order chi connectivity index (χ1) is 20.4. The van der Waals surface area contributed by atoms with Crippen LogP contribution in [0.5, 0.6) is 5.75 Å². The summed E-state index contributed by atoms with van der Waals surface area (Å²) in [5.74, 6) is -0.586. The fourth-order valence-electron chi connectivity index (χ4n) is 4.33. The van der Waals surface area contributed by atoms with Gasteiger partial charge in [0.15, 0.2) is 0 Å². The number of nitrogens with one attached hydrogen (secondary N) is 1. The van der Waals surface area contributed by atoms with Crippen molar-refractivity contribution in [2.45, 2.75) is 52.0 Å². The van der Waals surface area contributed by atoms with Gasteiger partial charge in [0, 0.05) is 6.42 Å². The van der Waals surface area contributed by atoms with Crippen molar-refractivity contribution in [3.8, 4) is 5.75 Å². The molecule has 3 aromatic rings. The zero-order valence-electron chi connectivity index (χ0n) is 24.5. The van der Waals surface area contributed by atoms with E-state index in [-0.39, 0.29) is 31.8 Å². The number of benzene rings is 3. The fraction of sp³-hybridized carbons (Fsp3) is 0.323. The van der Waals surface area contributed by atoms with Crippen molar-refractivity contribution in [1.29, 1.82) is 0 Å². The standard InChI is InChI=1S/C31H35N3O8S/c1-31(2,3)42-30(37)32-27(29(36)41-21-24-8-6-5-7-9-24)18-22-10-14-25(15-11-22)33-20-28(35)34(43(33,38)39)19-23-12-16-26(40-4)17-13-23/h5-17,27H,18-21H2,1-4H3,(H,32,37). The van der Waals surface area contributed by atoms with Crippen molar-refractivity contribution in [3.05, 3.63) is 95.6 Å². The van der Waals surface area contributed by atoms with Crippen LogP contribution in [0, 0.1) is 0 Å². The van der Waals surface area contributed by atoms with Crippen LogP contribution >= 0.6 is 0 Å². The molecule has 0 aliphatic carbocycles. The summed E-state index contributed by atoms with van der Waals surface area (Å²) < 4.78 is 44.4. The van der Waals surface area contributed by atoms with Crippen LogP contribution in [0.4, 0.5) is 10.5 Å². The smallest absolute Gasteiger partial charge is 0.408 e. The number of hydrogen-bond acceptors (Lipinski definition) is 8. The third-order valence-electron chi connectivity index (χ3n) is 6.46. The highest BCUT2D eigenvalue weighted by Gasteiger charge is 2.42. The summed E-state index contributed by atoms with van der Waals surface area (Å²) in [6.07, 6.45) is -0.716. The molecule has 228 valence electrons. The summed E-state index contributed by atoms with van der Waals surface area (Å²) >= 11 is 0. The van der Waals surface area contributed by atoms with Gasteiger partial charge in [-0.25, -0.2) is 18.2 Å². The summed E-state index contributed by atoms with van der Waals surface area (Å²) in [7, 11) is -2.59. The molecule has 1 fully saturated rings. The zero-order chi connectivity index (χ0) is 31.2. The Labute approximate surface area is 251 Å². The Kier molecular flexibility index (Phi) is 9.59. The van der Waals surface area contributed by atoms with Crippen LogP contribution in [0.3, 0.4) is 0 Å². The van der Waals surface area contributed by atoms with Crippen molar-refractivity contribution in [2.75, 3.05) is 18.0 Å². The van der Waals surface area contributed by atoms with E-state index in [9.17, 15) is 22.8 Å². The number of anilines is 1. The summed E-state index contributed by atoms with van der Waals surface area (Å²) in [6.45, 7) is 4.71. The second-order valence-corrected chi connectivity index (χ2v) is 12.7. The van der Waals surface area contributed by atoms with Gasteiger partial charge in [0.25, 0.3) is 5.91 Å². The van der Waals surface area contributed by atoms with Crippen LogP contribution in [0.25, 0.3) is 0 Å². The van der Waals surface area contributed by atoms with Gasteiger partial charge < -0.3 is 19.5 Å². The Morgan fingerprint density at radius 2 is 1.53 bits per heavy atom. The highest BCUT2D eigenvalue weighted by molar-refractivity contribution is 7.91. The Balaban J connectivity index is 1.46. The van der Waals surface area contributed by atoms with Crippen LogP contribution in [0.1, 0.15) is 37.5 Å². The molecule has 1 N–H and O–H groups in total. The van der Waals surface area contributed by atoms with E-state index in [0.29, 0.717) is 16.9 Å². The highest BCUT2D eigenvalue weighted by atomic mass is 32.2. The molecule has 1 heterocycles. The number of carbonyl (C=O) groups is 3. The second-order valence-electron chi connectivity index (χ2n) is 10.9. The average Bonchev–Trinajstić information content (AvgIpc) is 3.19. The molecule has 1 aliphatic heterocycles.